The lowest BCUT2D eigenvalue weighted by Gasteiger charge is -2.18. The molecule has 2 rings (SSSR count). The summed E-state index contributed by atoms with van der Waals surface area (Å²) in [7, 11) is 0. The van der Waals surface area contributed by atoms with Crippen molar-refractivity contribution >= 4 is 23.3 Å². The summed E-state index contributed by atoms with van der Waals surface area (Å²) < 4.78 is 0. The van der Waals surface area contributed by atoms with Crippen molar-refractivity contribution < 1.29 is 4.79 Å². The maximum Gasteiger partial charge on any atom is 0.225 e. The average molecular weight is 212 g/mol. The number of aromatic nitrogens is 2. The maximum atomic E-state index is 11.4. The molecule has 1 amide bonds. The van der Waals surface area contributed by atoms with Crippen molar-refractivity contribution in [2.24, 2.45) is 0 Å². The van der Waals surface area contributed by atoms with Gasteiger partial charge in [-0.05, 0) is 30.5 Å². The topological polar surface area (TPSA) is 46.1 Å². The number of halogens is 1. The van der Waals surface area contributed by atoms with Crippen molar-refractivity contribution in [3.8, 4) is 0 Å². The molecule has 1 fully saturated rings. The van der Waals surface area contributed by atoms with Crippen LogP contribution in [-0.2, 0) is 4.79 Å². The molecular weight excluding hydrogens is 202 g/mol. The van der Waals surface area contributed by atoms with E-state index in [1.807, 2.05) is 0 Å². The molecule has 0 saturated heterocycles. The number of hydrogen-bond acceptors (Lipinski definition) is 3. The van der Waals surface area contributed by atoms with Gasteiger partial charge in [-0.3, -0.25) is 9.69 Å². The number of carbonyl (C=O) groups excluding carboxylic acids is 1. The first-order chi connectivity index (χ1) is 6.68. The molecule has 1 aliphatic carbocycles. The SMILES string of the molecule is CC(=O)N(c1ccnc(Cl)n1)C1CC1. The van der Waals surface area contributed by atoms with Crippen molar-refractivity contribution in [3.05, 3.63) is 17.5 Å². The number of carbonyl (C=O) groups is 1. The average Bonchev–Trinajstić information content (AvgIpc) is 2.88. The van der Waals surface area contributed by atoms with Gasteiger partial charge in [0.1, 0.15) is 5.82 Å². The Hall–Kier alpha value is -1.16. The summed E-state index contributed by atoms with van der Waals surface area (Å²) in [6.07, 6.45) is 3.64. The second-order valence-corrected chi connectivity index (χ2v) is 3.64. The number of rotatable bonds is 2. The van der Waals surface area contributed by atoms with E-state index in [-0.39, 0.29) is 11.2 Å². The molecule has 0 aromatic carbocycles. The molecule has 74 valence electrons. The Balaban J connectivity index is 2.30. The minimum atomic E-state index is 0.00210. The van der Waals surface area contributed by atoms with Gasteiger partial charge in [-0.15, -0.1) is 0 Å². The first-order valence-electron chi connectivity index (χ1n) is 4.47. The largest absolute Gasteiger partial charge is 0.294 e. The molecule has 5 heteroatoms. The van der Waals surface area contributed by atoms with E-state index in [9.17, 15) is 4.79 Å². The molecule has 4 nitrogen and oxygen atoms in total. The Morgan fingerprint density at radius 1 is 1.64 bits per heavy atom. The van der Waals surface area contributed by atoms with Crippen LogP contribution in [0.3, 0.4) is 0 Å². The Bertz CT molecular complexity index is 365. The summed E-state index contributed by atoms with van der Waals surface area (Å²) in [6, 6.07) is 2.00. The van der Waals surface area contributed by atoms with Crippen LogP contribution in [0.2, 0.25) is 5.28 Å². The zero-order chi connectivity index (χ0) is 10.1. The van der Waals surface area contributed by atoms with E-state index < -0.39 is 0 Å². The lowest BCUT2D eigenvalue weighted by molar-refractivity contribution is -0.116. The van der Waals surface area contributed by atoms with Crippen molar-refractivity contribution in [1.29, 1.82) is 0 Å². The molecule has 0 aliphatic heterocycles. The fourth-order valence-electron chi connectivity index (χ4n) is 1.40. The molecule has 14 heavy (non-hydrogen) atoms. The highest BCUT2D eigenvalue weighted by atomic mass is 35.5. The van der Waals surface area contributed by atoms with E-state index in [2.05, 4.69) is 9.97 Å². The number of hydrogen-bond donors (Lipinski definition) is 0. The zero-order valence-corrected chi connectivity index (χ0v) is 8.53. The summed E-state index contributed by atoms with van der Waals surface area (Å²) in [4.78, 5) is 20.8. The molecule has 0 unspecified atom stereocenters. The lowest BCUT2D eigenvalue weighted by atomic mass is 10.4. The normalized spacial score (nSPS) is 15.3. The minimum Gasteiger partial charge on any atom is -0.294 e. The summed E-state index contributed by atoms with van der Waals surface area (Å²) in [6.45, 7) is 1.54. The predicted molar refractivity (Wildman–Crippen MR) is 53.2 cm³/mol. The maximum absolute atomic E-state index is 11.4. The molecule has 0 bridgehead atoms. The van der Waals surface area contributed by atoms with Crippen molar-refractivity contribution in [2.75, 3.05) is 4.90 Å². The molecular formula is C9H10ClN3O. The molecule has 0 N–H and O–H groups in total. The lowest BCUT2D eigenvalue weighted by Crippen LogP contribution is -2.31. The first kappa shape index (κ1) is 9.40. The van der Waals surface area contributed by atoms with Gasteiger partial charge in [0, 0.05) is 19.2 Å². The Kier molecular flexibility index (Phi) is 2.37. The minimum absolute atomic E-state index is 0.00210. The third-order valence-electron chi connectivity index (χ3n) is 2.11. The summed E-state index contributed by atoms with van der Waals surface area (Å²) in [5, 5.41) is 0.175. The van der Waals surface area contributed by atoms with Gasteiger partial charge in [-0.1, -0.05) is 0 Å². The standard InChI is InChI=1S/C9H10ClN3O/c1-6(14)13(7-2-3-7)8-4-5-11-9(10)12-8/h4-5,7H,2-3H2,1H3. The Morgan fingerprint density at radius 2 is 2.36 bits per heavy atom. The van der Waals surface area contributed by atoms with Gasteiger partial charge < -0.3 is 0 Å². The van der Waals surface area contributed by atoms with E-state index in [1.165, 1.54) is 6.92 Å². The van der Waals surface area contributed by atoms with Gasteiger partial charge in [0.15, 0.2) is 0 Å². The Morgan fingerprint density at radius 3 is 2.86 bits per heavy atom. The second-order valence-electron chi connectivity index (χ2n) is 3.30. The summed E-state index contributed by atoms with van der Waals surface area (Å²) in [5.74, 6) is 0.599. The van der Waals surface area contributed by atoms with E-state index >= 15 is 0 Å². The van der Waals surface area contributed by atoms with Gasteiger partial charge in [-0.2, -0.15) is 0 Å². The second kappa shape index (κ2) is 3.53. The van der Waals surface area contributed by atoms with Crippen LogP contribution >= 0.6 is 11.6 Å². The van der Waals surface area contributed by atoms with Crippen molar-refractivity contribution in [2.45, 2.75) is 25.8 Å². The molecule has 1 saturated carbocycles. The van der Waals surface area contributed by atoms with E-state index in [0.29, 0.717) is 11.9 Å². The van der Waals surface area contributed by atoms with Crippen LogP contribution in [0, 0.1) is 0 Å². The molecule has 1 heterocycles. The number of anilines is 1. The number of amides is 1. The van der Waals surface area contributed by atoms with Crippen LogP contribution in [0.1, 0.15) is 19.8 Å². The smallest absolute Gasteiger partial charge is 0.225 e. The van der Waals surface area contributed by atoms with Crippen LogP contribution in [0.25, 0.3) is 0 Å². The first-order valence-corrected chi connectivity index (χ1v) is 4.84. The highest BCUT2D eigenvalue weighted by Gasteiger charge is 2.32. The third-order valence-corrected chi connectivity index (χ3v) is 2.29. The number of nitrogens with zero attached hydrogens (tertiary/aromatic N) is 3. The van der Waals surface area contributed by atoms with E-state index in [0.717, 1.165) is 12.8 Å². The highest BCUT2D eigenvalue weighted by Crippen LogP contribution is 2.30. The van der Waals surface area contributed by atoms with Crippen LogP contribution in [-0.4, -0.2) is 21.9 Å². The van der Waals surface area contributed by atoms with Gasteiger partial charge in [-0.25, -0.2) is 9.97 Å². The monoisotopic (exact) mass is 211 g/mol. The van der Waals surface area contributed by atoms with E-state index in [1.54, 1.807) is 17.2 Å². The van der Waals surface area contributed by atoms with Crippen molar-refractivity contribution in [1.82, 2.24) is 9.97 Å². The molecule has 0 atom stereocenters. The van der Waals surface area contributed by atoms with Gasteiger partial charge >= 0.3 is 0 Å². The molecule has 0 spiro atoms. The fourth-order valence-corrected chi connectivity index (χ4v) is 1.54. The van der Waals surface area contributed by atoms with Crippen LogP contribution in [0.5, 0.6) is 0 Å². The van der Waals surface area contributed by atoms with Crippen LogP contribution in [0.15, 0.2) is 12.3 Å². The van der Waals surface area contributed by atoms with E-state index in [4.69, 9.17) is 11.6 Å². The quantitative estimate of drug-likeness (QED) is 0.699. The Labute approximate surface area is 86.9 Å². The fraction of sp³-hybridized carbons (Fsp3) is 0.444. The third kappa shape index (κ3) is 1.85. The highest BCUT2D eigenvalue weighted by molar-refractivity contribution is 6.28. The van der Waals surface area contributed by atoms with Crippen LogP contribution in [0.4, 0.5) is 5.82 Å². The van der Waals surface area contributed by atoms with Gasteiger partial charge in [0.25, 0.3) is 0 Å². The summed E-state index contributed by atoms with van der Waals surface area (Å²) in [5.41, 5.74) is 0. The van der Waals surface area contributed by atoms with Crippen LogP contribution < -0.4 is 4.90 Å². The zero-order valence-electron chi connectivity index (χ0n) is 7.77. The molecule has 1 aromatic rings. The van der Waals surface area contributed by atoms with Gasteiger partial charge in [0.2, 0.25) is 11.2 Å². The predicted octanol–water partition coefficient (Wildman–Crippen LogP) is 1.65. The molecule has 1 aliphatic rings. The molecule has 1 aromatic heterocycles. The van der Waals surface area contributed by atoms with Crippen molar-refractivity contribution in [3.63, 3.8) is 0 Å². The molecule has 0 radical (unpaired) electrons. The summed E-state index contributed by atoms with van der Waals surface area (Å²) >= 11 is 5.66. The van der Waals surface area contributed by atoms with Gasteiger partial charge in [0.05, 0.1) is 0 Å².